The highest BCUT2D eigenvalue weighted by molar-refractivity contribution is 6.30. The molecule has 5 heteroatoms. The van der Waals surface area contributed by atoms with Crippen molar-refractivity contribution in [1.29, 1.82) is 0 Å². The van der Waals surface area contributed by atoms with Crippen LogP contribution in [-0.2, 0) is 12.5 Å². The predicted octanol–water partition coefficient (Wildman–Crippen LogP) is 0.425. The third kappa shape index (κ3) is 1.26. The lowest BCUT2D eigenvalue weighted by atomic mass is 9.65. The van der Waals surface area contributed by atoms with Gasteiger partial charge in [0.05, 0.1) is 18.1 Å². The van der Waals surface area contributed by atoms with E-state index in [1.54, 1.807) is 6.33 Å². The molecule has 2 rings (SSSR count). The van der Waals surface area contributed by atoms with Gasteiger partial charge in [0, 0.05) is 19.0 Å². The number of halogens is 1. The van der Waals surface area contributed by atoms with Crippen LogP contribution in [0.5, 0.6) is 0 Å². The summed E-state index contributed by atoms with van der Waals surface area (Å²) in [5.74, 6) is 0. The van der Waals surface area contributed by atoms with E-state index in [2.05, 4.69) is 4.98 Å². The van der Waals surface area contributed by atoms with E-state index in [9.17, 15) is 5.11 Å². The minimum atomic E-state index is -0.246. The van der Waals surface area contributed by atoms with Crippen molar-refractivity contribution < 1.29 is 5.11 Å². The first-order valence-electron chi connectivity index (χ1n) is 4.64. The van der Waals surface area contributed by atoms with Gasteiger partial charge in [0.25, 0.3) is 0 Å². The number of rotatable bonds is 2. The standard InChI is InChI=1S/C9H14ClN3O/c1-13-5-12-8(10)7(13)9(4-11)2-6(14)3-9/h5-6,14H,2-4,11H2,1H3. The Hall–Kier alpha value is -0.580. The summed E-state index contributed by atoms with van der Waals surface area (Å²) in [6.07, 6.45) is 2.80. The molecule has 0 aliphatic heterocycles. The maximum atomic E-state index is 9.37. The summed E-state index contributed by atoms with van der Waals surface area (Å²) in [5.41, 5.74) is 6.54. The quantitative estimate of drug-likeness (QED) is 0.752. The Bertz CT molecular complexity index is 324. The summed E-state index contributed by atoms with van der Waals surface area (Å²) in [6, 6.07) is 0. The van der Waals surface area contributed by atoms with Crippen LogP contribution in [0.3, 0.4) is 0 Å². The fraction of sp³-hybridized carbons (Fsp3) is 0.667. The molecule has 4 nitrogen and oxygen atoms in total. The number of aryl methyl sites for hydroxylation is 1. The van der Waals surface area contributed by atoms with E-state index in [-0.39, 0.29) is 11.5 Å². The van der Waals surface area contributed by atoms with Gasteiger partial charge in [-0.15, -0.1) is 0 Å². The van der Waals surface area contributed by atoms with Crippen molar-refractivity contribution >= 4 is 11.6 Å². The minimum absolute atomic E-state index is 0.165. The second kappa shape index (κ2) is 3.22. The van der Waals surface area contributed by atoms with Crippen LogP contribution >= 0.6 is 11.6 Å². The monoisotopic (exact) mass is 215 g/mol. The molecule has 1 aliphatic rings. The molecule has 0 saturated heterocycles. The molecule has 78 valence electrons. The molecule has 1 aromatic heterocycles. The van der Waals surface area contributed by atoms with Gasteiger partial charge in [0.2, 0.25) is 0 Å². The van der Waals surface area contributed by atoms with E-state index in [0.717, 1.165) is 5.69 Å². The highest BCUT2D eigenvalue weighted by Gasteiger charge is 2.46. The molecule has 0 radical (unpaired) electrons. The van der Waals surface area contributed by atoms with E-state index < -0.39 is 0 Å². The van der Waals surface area contributed by atoms with Crippen LogP contribution in [0.4, 0.5) is 0 Å². The number of imidazole rings is 1. The molecule has 14 heavy (non-hydrogen) atoms. The van der Waals surface area contributed by atoms with Gasteiger partial charge >= 0.3 is 0 Å². The number of hydrogen-bond donors (Lipinski definition) is 2. The van der Waals surface area contributed by atoms with Crippen molar-refractivity contribution in [2.45, 2.75) is 24.4 Å². The smallest absolute Gasteiger partial charge is 0.150 e. The van der Waals surface area contributed by atoms with E-state index in [4.69, 9.17) is 17.3 Å². The minimum Gasteiger partial charge on any atom is -0.393 e. The Balaban J connectivity index is 2.38. The van der Waals surface area contributed by atoms with Crippen molar-refractivity contribution in [2.75, 3.05) is 6.54 Å². The van der Waals surface area contributed by atoms with Crippen molar-refractivity contribution in [3.63, 3.8) is 0 Å². The molecule has 1 fully saturated rings. The number of aliphatic hydroxyl groups excluding tert-OH is 1. The molecule has 1 heterocycles. The van der Waals surface area contributed by atoms with Gasteiger partial charge in [-0.1, -0.05) is 11.6 Å². The summed E-state index contributed by atoms with van der Waals surface area (Å²) in [6.45, 7) is 0.503. The third-order valence-corrected chi connectivity index (χ3v) is 3.31. The lowest BCUT2D eigenvalue weighted by Crippen LogP contribution is -2.50. The number of nitrogens with zero attached hydrogens (tertiary/aromatic N) is 2. The molecule has 3 N–H and O–H groups in total. The Morgan fingerprint density at radius 2 is 2.43 bits per heavy atom. The van der Waals surface area contributed by atoms with Gasteiger partial charge in [-0.2, -0.15) is 0 Å². The number of nitrogens with two attached hydrogens (primary N) is 1. The second-order valence-electron chi connectivity index (χ2n) is 4.04. The van der Waals surface area contributed by atoms with Gasteiger partial charge in [-0.05, 0) is 12.8 Å². The Morgan fingerprint density at radius 3 is 2.79 bits per heavy atom. The van der Waals surface area contributed by atoms with Crippen molar-refractivity contribution in [3.05, 3.63) is 17.2 Å². The van der Waals surface area contributed by atoms with Crippen molar-refractivity contribution in [1.82, 2.24) is 9.55 Å². The summed E-state index contributed by atoms with van der Waals surface area (Å²) in [5, 5.41) is 9.87. The molecular weight excluding hydrogens is 202 g/mol. The fourth-order valence-electron chi connectivity index (χ4n) is 2.29. The number of aliphatic hydroxyl groups is 1. The molecule has 1 aromatic rings. The van der Waals surface area contributed by atoms with E-state index in [0.29, 0.717) is 24.5 Å². The highest BCUT2D eigenvalue weighted by Crippen LogP contribution is 2.44. The molecule has 0 unspecified atom stereocenters. The Labute approximate surface area is 87.7 Å². The zero-order chi connectivity index (χ0) is 10.3. The van der Waals surface area contributed by atoms with Gasteiger partial charge < -0.3 is 15.4 Å². The predicted molar refractivity (Wildman–Crippen MR) is 54.2 cm³/mol. The summed E-state index contributed by atoms with van der Waals surface area (Å²) in [4.78, 5) is 4.03. The number of aromatic nitrogens is 2. The van der Waals surface area contributed by atoms with Crippen LogP contribution in [-0.4, -0.2) is 27.3 Å². The van der Waals surface area contributed by atoms with Crippen LogP contribution in [0, 0.1) is 0 Å². The summed E-state index contributed by atoms with van der Waals surface area (Å²) >= 11 is 6.00. The average Bonchev–Trinajstić information content (AvgIpc) is 2.42. The lowest BCUT2D eigenvalue weighted by Gasteiger charge is -2.44. The zero-order valence-corrected chi connectivity index (χ0v) is 8.83. The molecule has 0 atom stereocenters. The largest absolute Gasteiger partial charge is 0.393 e. The van der Waals surface area contributed by atoms with Crippen LogP contribution in [0.1, 0.15) is 18.5 Å². The van der Waals surface area contributed by atoms with Gasteiger partial charge in [0.1, 0.15) is 0 Å². The van der Waals surface area contributed by atoms with Crippen LogP contribution < -0.4 is 5.73 Å². The maximum absolute atomic E-state index is 9.37. The molecule has 0 bridgehead atoms. The molecule has 0 aromatic carbocycles. The Morgan fingerprint density at radius 1 is 1.79 bits per heavy atom. The highest BCUT2D eigenvalue weighted by atomic mass is 35.5. The maximum Gasteiger partial charge on any atom is 0.150 e. The Kier molecular flexibility index (Phi) is 2.29. The third-order valence-electron chi connectivity index (χ3n) is 3.04. The van der Waals surface area contributed by atoms with E-state index in [1.807, 2.05) is 11.6 Å². The topological polar surface area (TPSA) is 64.1 Å². The molecule has 0 spiro atoms. The second-order valence-corrected chi connectivity index (χ2v) is 4.40. The molecular formula is C9H14ClN3O. The summed E-state index contributed by atoms with van der Waals surface area (Å²) in [7, 11) is 1.90. The first-order valence-corrected chi connectivity index (χ1v) is 5.02. The van der Waals surface area contributed by atoms with Crippen LogP contribution in [0.25, 0.3) is 0 Å². The van der Waals surface area contributed by atoms with E-state index >= 15 is 0 Å². The zero-order valence-electron chi connectivity index (χ0n) is 8.07. The van der Waals surface area contributed by atoms with Gasteiger partial charge in [0.15, 0.2) is 5.15 Å². The van der Waals surface area contributed by atoms with E-state index in [1.165, 1.54) is 0 Å². The number of hydrogen-bond acceptors (Lipinski definition) is 3. The lowest BCUT2D eigenvalue weighted by molar-refractivity contribution is 0.0188. The van der Waals surface area contributed by atoms with Crippen LogP contribution in [0.2, 0.25) is 5.15 Å². The van der Waals surface area contributed by atoms with Gasteiger partial charge in [-0.3, -0.25) is 0 Å². The van der Waals surface area contributed by atoms with Crippen molar-refractivity contribution in [2.24, 2.45) is 12.8 Å². The fourth-order valence-corrected chi connectivity index (χ4v) is 2.67. The van der Waals surface area contributed by atoms with Gasteiger partial charge in [-0.25, -0.2) is 4.98 Å². The SMILES string of the molecule is Cn1cnc(Cl)c1C1(CN)CC(O)C1. The first kappa shape index (κ1) is 9.96. The molecule has 1 aliphatic carbocycles. The van der Waals surface area contributed by atoms with Crippen LogP contribution in [0.15, 0.2) is 6.33 Å². The first-order chi connectivity index (χ1) is 6.59. The normalized spacial score (nSPS) is 31.6. The molecule has 1 saturated carbocycles. The average molecular weight is 216 g/mol. The van der Waals surface area contributed by atoms with Crippen molar-refractivity contribution in [3.8, 4) is 0 Å². The molecule has 0 amide bonds. The summed E-state index contributed by atoms with van der Waals surface area (Å²) < 4.78 is 1.89.